The smallest absolute Gasteiger partial charge is 0.360 e. The largest absolute Gasteiger partial charge is 0.464 e. The van der Waals surface area contributed by atoms with Crippen molar-refractivity contribution in [1.82, 2.24) is 15.0 Å². The van der Waals surface area contributed by atoms with Crippen LogP contribution in [-0.2, 0) is 11.3 Å². The summed E-state index contributed by atoms with van der Waals surface area (Å²) in [6.07, 6.45) is 0. The lowest BCUT2D eigenvalue weighted by atomic mass is 10.1. The standard InChI is InChI=1S/C12H14BrN3O2S/c1-7(2)11-10(12(17)18-3)14-15-16(11)6-9-8(13)4-5-19-9/h4-5,7H,6H2,1-3H3. The molecule has 0 radical (unpaired) electrons. The van der Waals surface area contributed by atoms with Crippen molar-refractivity contribution in [2.75, 3.05) is 7.11 Å². The summed E-state index contributed by atoms with van der Waals surface area (Å²) in [6, 6.07) is 1.99. The Morgan fingerprint density at radius 1 is 1.58 bits per heavy atom. The van der Waals surface area contributed by atoms with E-state index in [0.717, 1.165) is 15.0 Å². The minimum absolute atomic E-state index is 0.142. The van der Waals surface area contributed by atoms with Crippen LogP contribution in [0.4, 0.5) is 0 Å². The highest BCUT2D eigenvalue weighted by molar-refractivity contribution is 9.10. The van der Waals surface area contributed by atoms with Gasteiger partial charge in [-0.25, -0.2) is 9.48 Å². The second kappa shape index (κ2) is 5.83. The molecule has 0 fully saturated rings. The number of carbonyl (C=O) groups is 1. The molecular weight excluding hydrogens is 330 g/mol. The summed E-state index contributed by atoms with van der Waals surface area (Å²) in [4.78, 5) is 12.8. The maximum atomic E-state index is 11.7. The molecule has 0 bridgehead atoms. The van der Waals surface area contributed by atoms with E-state index >= 15 is 0 Å². The average Bonchev–Trinajstić information content (AvgIpc) is 2.96. The highest BCUT2D eigenvalue weighted by Gasteiger charge is 2.23. The number of carbonyl (C=O) groups excluding carboxylic acids is 1. The maximum absolute atomic E-state index is 11.7. The van der Waals surface area contributed by atoms with Gasteiger partial charge in [-0.3, -0.25) is 0 Å². The van der Waals surface area contributed by atoms with E-state index in [1.807, 2.05) is 25.3 Å². The number of esters is 1. The van der Waals surface area contributed by atoms with Crippen molar-refractivity contribution in [3.63, 3.8) is 0 Å². The van der Waals surface area contributed by atoms with Crippen LogP contribution >= 0.6 is 27.3 Å². The molecule has 2 aromatic heterocycles. The van der Waals surface area contributed by atoms with Crippen molar-refractivity contribution in [3.8, 4) is 0 Å². The van der Waals surface area contributed by atoms with Gasteiger partial charge in [0.15, 0.2) is 5.69 Å². The van der Waals surface area contributed by atoms with Gasteiger partial charge in [-0.1, -0.05) is 19.1 Å². The molecule has 0 N–H and O–H groups in total. The molecule has 2 rings (SSSR count). The van der Waals surface area contributed by atoms with Gasteiger partial charge in [0.2, 0.25) is 0 Å². The Labute approximate surface area is 123 Å². The summed E-state index contributed by atoms with van der Waals surface area (Å²) in [5.41, 5.74) is 1.09. The lowest BCUT2D eigenvalue weighted by Gasteiger charge is -2.09. The lowest BCUT2D eigenvalue weighted by molar-refractivity contribution is 0.0592. The van der Waals surface area contributed by atoms with Crippen LogP contribution in [-0.4, -0.2) is 28.1 Å². The molecule has 0 aliphatic rings. The molecule has 19 heavy (non-hydrogen) atoms. The quantitative estimate of drug-likeness (QED) is 0.800. The number of rotatable bonds is 4. The number of aromatic nitrogens is 3. The minimum Gasteiger partial charge on any atom is -0.464 e. The zero-order valence-electron chi connectivity index (χ0n) is 10.9. The SMILES string of the molecule is COC(=O)c1nnn(Cc2sccc2Br)c1C(C)C. The molecule has 0 atom stereocenters. The van der Waals surface area contributed by atoms with Crippen LogP contribution in [0.2, 0.25) is 0 Å². The van der Waals surface area contributed by atoms with E-state index in [4.69, 9.17) is 4.74 Å². The molecule has 2 heterocycles. The first-order valence-corrected chi connectivity index (χ1v) is 7.45. The summed E-state index contributed by atoms with van der Waals surface area (Å²) < 4.78 is 7.54. The number of halogens is 1. The fourth-order valence-electron chi connectivity index (χ4n) is 1.82. The van der Waals surface area contributed by atoms with Crippen LogP contribution in [0.15, 0.2) is 15.9 Å². The van der Waals surface area contributed by atoms with Crippen LogP contribution in [0.1, 0.15) is 40.8 Å². The molecular formula is C12H14BrN3O2S. The Kier molecular flexibility index (Phi) is 4.36. The van der Waals surface area contributed by atoms with Crippen LogP contribution in [0.3, 0.4) is 0 Å². The van der Waals surface area contributed by atoms with Crippen LogP contribution in [0, 0.1) is 0 Å². The number of methoxy groups -OCH3 is 1. The van der Waals surface area contributed by atoms with Crippen molar-refractivity contribution in [2.24, 2.45) is 0 Å². The third-order valence-corrected chi connectivity index (χ3v) is 4.59. The number of thiophene rings is 1. The summed E-state index contributed by atoms with van der Waals surface area (Å²) in [5.74, 6) is -0.303. The predicted octanol–water partition coefficient (Wildman–Crippen LogP) is 3.06. The van der Waals surface area contributed by atoms with Gasteiger partial charge >= 0.3 is 5.97 Å². The van der Waals surface area contributed by atoms with Gasteiger partial charge in [-0.15, -0.1) is 16.4 Å². The van der Waals surface area contributed by atoms with Crippen LogP contribution in [0.25, 0.3) is 0 Å². The first-order valence-electron chi connectivity index (χ1n) is 5.78. The van der Waals surface area contributed by atoms with Gasteiger partial charge in [0, 0.05) is 9.35 Å². The third kappa shape index (κ3) is 2.87. The van der Waals surface area contributed by atoms with E-state index in [1.165, 1.54) is 7.11 Å². The van der Waals surface area contributed by atoms with E-state index in [0.29, 0.717) is 12.2 Å². The second-order valence-electron chi connectivity index (χ2n) is 4.32. The molecule has 7 heteroatoms. The lowest BCUT2D eigenvalue weighted by Crippen LogP contribution is -2.11. The van der Waals surface area contributed by atoms with E-state index in [2.05, 4.69) is 26.2 Å². The molecule has 0 unspecified atom stereocenters. The van der Waals surface area contributed by atoms with Crippen molar-refractivity contribution in [2.45, 2.75) is 26.3 Å². The molecule has 0 saturated heterocycles. The number of ether oxygens (including phenoxy) is 1. The predicted molar refractivity (Wildman–Crippen MR) is 76.6 cm³/mol. The Hall–Kier alpha value is -1.21. The van der Waals surface area contributed by atoms with Gasteiger partial charge < -0.3 is 4.74 Å². The van der Waals surface area contributed by atoms with Gasteiger partial charge in [-0.2, -0.15) is 0 Å². The highest BCUT2D eigenvalue weighted by Crippen LogP contribution is 2.26. The molecule has 0 aliphatic carbocycles. The highest BCUT2D eigenvalue weighted by atomic mass is 79.9. The number of hydrogen-bond acceptors (Lipinski definition) is 5. The number of hydrogen-bond donors (Lipinski definition) is 0. The second-order valence-corrected chi connectivity index (χ2v) is 6.17. The Morgan fingerprint density at radius 2 is 2.32 bits per heavy atom. The third-order valence-electron chi connectivity index (χ3n) is 2.68. The normalized spacial score (nSPS) is 11.0. The molecule has 102 valence electrons. The maximum Gasteiger partial charge on any atom is 0.360 e. The van der Waals surface area contributed by atoms with Crippen molar-refractivity contribution >= 4 is 33.2 Å². The topological polar surface area (TPSA) is 57.0 Å². The Bertz CT molecular complexity index is 592. The van der Waals surface area contributed by atoms with E-state index in [-0.39, 0.29) is 5.92 Å². The minimum atomic E-state index is -0.444. The van der Waals surface area contributed by atoms with E-state index in [1.54, 1.807) is 16.0 Å². The summed E-state index contributed by atoms with van der Waals surface area (Å²) in [7, 11) is 1.35. The van der Waals surface area contributed by atoms with Crippen molar-refractivity contribution in [1.29, 1.82) is 0 Å². The Balaban J connectivity index is 2.38. The summed E-state index contributed by atoms with van der Waals surface area (Å²) in [6.45, 7) is 4.60. The average molecular weight is 344 g/mol. The first kappa shape index (κ1) is 14.2. The fourth-order valence-corrected chi connectivity index (χ4v) is 3.28. The van der Waals surface area contributed by atoms with Crippen molar-refractivity contribution in [3.05, 3.63) is 32.2 Å². The molecule has 5 nitrogen and oxygen atoms in total. The summed E-state index contributed by atoms with van der Waals surface area (Å²) in [5, 5.41) is 10.0. The molecule has 0 amide bonds. The zero-order valence-corrected chi connectivity index (χ0v) is 13.3. The first-order chi connectivity index (χ1) is 9.04. The monoisotopic (exact) mass is 343 g/mol. The van der Waals surface area contributed by atoms with Crippen molar-refractivity contribution < 1.29 is 9.53 Å². The van der Waals surface area contributed by atoms with Gasteiger partial charge in [0.1, 0.15) is 0 Å². The molecule has 0 saturated carbocycles. The summed E-state index contributed by atoms with van der Waals surface area (Å²) >= 11 is 5.13. The van der Waals surface area contributed by atoms with Crippen LogP contribution < -0.4 is 0 Å². The van der Waals surface area contributed by atoms with E-state index in [9.17, 15) is 4.79 Å². The fraction of sp³-hybridized carbons (Fsp3) is 0.417. The zero-order chi connectivity index (χ0) is 14.0. The van der Waals surface area contributed by atoms with Gasteiger partial charge in [0.05, 0.1) is 19.3 Å². The molecule has 2 aromatic rings. The number of nitrogens with zero attached hydrogens (tertiary/aromatic N) is 3. The van der Waals surface area contributed by atoms with Gasteiger partial charge in [-0.05, 0) is 33.3 Å². The van der Waals surface area contributed by atoms with E-state index < -0.39 is 5.97 Å². The Morgan fingerprint density at radius 3 is 2.84 bits per heavy atom. The van der Waals surface area contributed by atoms with Crippen LogP contribution in [0.5, 0.6) is 0 Å². The molecule has 0 spiro atoms. The molecule has 0 aliphatic heterocycles. The van der Waals surface area contributed by atoms with Gasteiger partial charge in [0.25, 0.3) is 0 Å². The molecule has 0 aromatic carbocycles.